The molecule has 3 heteroatoms. The zero-order chi connectivity index (χ0) is 11.5. The molecule has 86 valence electrons. The third-order valence-corrected chi connectivity index (χ3v) is 3.61. The fourth-order valence-corrected chi connectivity index (χ4v) is 2.43. The van der Waals surface area contributed by atoms with Gasteiger partial charge in [0.2, 0.25) is 0 Å². The molecule has 0 saturated heterocycles. The molecule has 0 heterocycles. The van der Waals surface area contributed by atoms with E-state index in [9.17, 15) is 5.26 Å². The highest BCUT2D eigenvalue weighted by molar-refractivity contribution is 5.13. The van der Waals surface area contributed by atoms with Gasteiger partial charge in [-0.05, 0) is 46.7 Å². The van der Waals surface area contributed by atoms with Gasteiger partial charge in [0.15, 0.2) is 0 Å². The van der Waals surface area contributed by atoms with E-state index in [1.807, 2.05) is 0 Å². The molecule has 1 fully saturated rings. The van der Waals surface area contributed by atoms with Crippen molar-refractivity contribution in [3.8, 4) is 6.07 Å². The Labute approximate surface area is 93.5 Å². The van der Waals surface area contributed by atoms with Crippen LogP contribution < -0.4 is 5.32 Å². The Hall–Kier alpha value is -0.590. The molecule has 1 saturated carbocycles. The molecule has 3 nitrogen and oxygen atoms in total. The van der Waals surface area contributed by atoms with Crippen LogP contribution in [-0.4, -0.2) is 36.1 Å². The minimum absolute atomic E-state index is 0.261. The summed E-state index contributed by atoms with van der Waals surface area (Å²) in [6.45, 7) is 7.36. The van der Waals surface area contributed by atoms with E-state index >= 15 is 0 Å². The summed E-state index contributed by atoms with van der Waals surface area (Å²) in [6, 6.07) is 3.58. The third-order valence-electron chi connectivity index (χ3n) is 3.61. The highest BCUT2D eigenvalue weighted by Crippen LogP contribution is 2.32. The van der Waals surface area contributed by atoms with Crippen LogP contribution in [0.1, 0.15) is 40.0 Å². The second-order valence-corrected chi connectivity index (χ2v) is 4.88. The van der Waals surface area contributed by atoms with Crippen molar-refractivity contribution in [2.45, 2.75) is 57.7 Å². The topological polar surface area (TPSA) is 39.1 Å². The molecular formula is C12H23N3. The van der Waals surface area contributed by atoms with Crippen molar-refractivity contribution in [2.75, 3.05) is 13.6 Å². The number of nitrogens with zero attached hydrogens (tertiary/aromatic N) is 2. The Morgan fingerprint density at radius 1 is 1.60 bits per heavy atom. The van der Waals surface area contributed by atoms with Crippen LogP contribution >= 0.6 is 0 Å². The van der Waals surface area contributed by atoms with Gasteiger partial charge < -0.3 is 4.90 Å². The van der Waals surface area contributed by atoms with Crippen molar-refractivity contribution in [3.63, 3.8) is 0 Å². The van der Waals surface area contributed by atoms with Crippen molar-refractivity contribution in [1.29, 1.82) is 5.26 Å². The van der Waals surface area contributed by atoms with Gasteiger partial charge in [-0.25, -0.2) is 0 Å². The van der Waals surface area contributed by atoms with Crippen LogP contribution in [-0.2, 0) is 0 Å². The fourth-order valence-electron chi connectivity index (χ4n) is 2.43. The van der Waals surface area contributed by atoms with E-state index in [0.717, 1.165) is 25.8 Å². The summed E-state index contributed by atoms with van der Waals surface area (Å²) in [5.74, 6) is 0. The summed E-state index contributed by atoms with van der Waals surface area (Å²) in [4.78, 5) is 2.39. The van der Waals surface area contributed by atoms with Gasteiger partial charge in [0.1, 0.15) is 5.54 Å². The second kappa shape index (κ2) is 4.96. The van der Waals surface area contributed by atoms with Gasteiger partial charge >= 0.3 is 0 Å². The quantitative estimate of drug-likeness (QED) is 0.766. The van der Waals surface area contributed by atoms with E-state index in [4.69, 9.17) is 0 Å². The van der Waals surface area contributed by atoms with Gasteiger partial charge in [-0.2, -0.15) is 5.26 Å². The monoisotopic (exact) mass is 209 g/mol. The maximum absolute atomic E-state index is 9.25. The summed E-state index contributed by atoms with van der Waals surface area (Å²) in [7, 11) is 2.16. The number of rotatable bonds is 4. The van der Waals surface area contributed by atoms with Crippen molar-refractivity contribution < 1.29 is 0 Å². The number of nitriles is 1. The Morgan fingerprint density at radius 3 is 2.73 bits per heavy atom. The molecule has 1 aliphatic carbocycles. The molecule has 2 atom stereocenters. The predicted octanol–water partition coefficient (Wildman–Crippen LogP) is 1.75. The minimum Gasteiger partial charge on any atom is -0.301 e. The average molecular weight is 209 g/mol. The third kappa shape index (κ3) is 2.70. The molecule has 2 unspecified atom stereocenters. The Kier molecular flexibility index (Phi) is 4.12. The SMILES string of the molecule is CCNC1(C#N)CCC(N(C)C(C)C)C1. The summed E-state index contributed by atoms with van der Waals surface area (Å²) in [5, 5.41) is 12.6. The molecule has 0 amide bonds. The summed E-state index contributed by atoms with van der Waals surface area (Å²) >= 11 is 0. The normalized spacial score (nSPS) is 31.1. The maximum Gasteiger partial charge on any atom is 0.108 e. The molecule has 0 aliphatic heterocycles. The first-order valence-corrected chi connectivity index (χ1v) is 5.93. The largest absolute Gasteiger partial charge is 0.301 e. The second-order valence-electron chi connectivity index (χ2n) is 4.88. The van der Waals surface area contributed by atoms with Crippen molar-refractivity contribution in [2.24, 2.45) is 0 Å². The van der Waals surface area contributed by atoms with Gasteiger partial charge in [-0.1, -0.05) is 6.92 Å². The van der Waals surface area contributed by atoms with Crippen LogP contribution in [0.4, 0.5) is 0 Å². The zero-order valence-electron chi connectivity index (χ0n) is 10.4. The summed E-state index contributed by atoms with van der Waals surface area (Å²) in [5.41, 5.74) is -0.261. The zero-order valence-corrected chi connectivity index (χ0v) is 10.4. The highest BCUT2D eigenvalue weighted by Gasteiger charge is 2.40. The van der Waals surface area contributed by atoms with E-state index < -0.39 is 0 Å². The first kappa shape index (κ1) is 12.5. The molecule has 1 rings (SSSR count). The van der Waals surface area contributed by atoms with Crippen LogP contribution in [0.25, 0.3) is 0 Å². The first-order valence-electron chi connectivity index (χ1n) is 5.93. The van der Waals surface area contributed by atoms with Crippen molar-refractivity contribution >= 4 is 0 Å². The standard InChI is InChI=1S/C12H23N3/c1-5-14-12(9-13)7-6-11(8-12)15(4)10(2)3/h10-11,14H,5-8H2,1-4H3. The lowest BCUT2D eigenvalue weighted by Crippen LogP contribution is -2.44. The van der Waals surface area contributed by atoms with Crippen molar-refractivity contribution in [1.82, 2.24) is 10.2 Å². The Bertz CT molecular complexity index is 244. The maximum atomic E-state index is 9.25. The van der Waals surface area contributed by atoms with Gasteiger partial charge in [-0.15, -0.1) is 0 Å². The van der Waals surface area contributed by atoms with Crippen LogP contribution in [0.3, 0.4) is 0 Å². The van der Waals surface area contributed by atoms with Gasteiger partial charge in [0, 0.05) is 12.1 Å². The number of hydrogen-bond donors (Lipinski definition) is 1. The average Bonchev–Trinajstić information content (AvgIpc) is 2.62. The van der Waals surface area contributed by atoms with E-state index in [-0.39, 0.29) is 5.54 Å². The van der Waals surface area contributed by atoms with E-state index in [1.165, 1.54) is 0 Å². The van der Waals surface area contributed by atoms with Gasteiger partial charge in [0.05, 0.1) is 6.07 Å². The molecule has 1 N–H and O–H groups in total. The Balaban J connectivity index is 2.61. The fraction of sp³-hybridized carbons (Fsp3) is 0.917. The molecule has 0 bridgehead atoms. The molecule has 0 radical (unpaired) electrons. The van der Waals surface area contributed by atoms with E-state index in [2.05, 4.69) is 44.1 Å². The van der Waals surface area contributed by atoms with Gasteiger partial charge in [-0.3, -0.25) is 5.32 Å². The first-order chi connectivity index (χ1) is 7.04. The number of nitrogens with one attached hydrogen (secondary N) is 1. The highest BCUT2D eigenvalue weighted by atomic mass is 15.2. The molecule has 0 aromatic heterocycles. The predicted molar refractivity (Wildman–Crippen MR) is 62.6 cm³/mol. The lowest BCUT2D eigenvalue weighted by atomic mass is 9.99. The lowest BCUT2D eigenvalue weighted by Gasteiger charge is -2.29. The minimum atomic E-state index is -0.261. The van der Waals surface area contributed by atoms with Gasteiger partial charge in [0.25, 0.3) is 0 Å². The molecule has 15 heavy (non-hydrogen) atoms. The molecular weight excluding hydrogens is 186 g/mol. The van der Waals surface area contributed by atoms with E-state index in [1.54, 1.807) is 0 Å². The van der Waals surface area contributed by atoms with E-state index in [0.29, 0.717) is 12.1 Å². The molecule has 0 aromatic carbocycles. The molecule has 0 spiro atoms. The molecule has 1 aliphatic rings. The van der Waals surface area contributed by atoms with Crippen LogP contribution in [0.2, 0.25) is 0 Å². The smallest absolute Gasteiger partial charge is 0.108 e. The lowest BCUT2D eigenvalue weighted by molar-refractivity contribution is 0.192. The Morgan fingerprint density at radius 2 is 2.27 bits per heavy atom. The summed E-state index contributed by atoms with van der Waals surface area (Å²) in [6.07, 6.45) is 3.08. The summed E-state index contributed by atoms with van der Waals surface area (Å²) < 4.78 is 0. The number of hydrogen-bond acceptors (Lipinski definition) is 3. The van der Waals surface area contributed by atoms with Crippen molar-refractivity contribution in [3.05, 3.63) is 0 Å². The van der Waals surface area contributed by atoms with Crippen LogP contribution in [0.5, 0.6) is 0 Å². The van der Waals surface area contributed by atoms with Crippen LogP contribution in [0.15, 0.2) is 0 Å². The van der Waals surface area contributed by atoms with Crippen LogP contribution in [0, 0.1) is 11.3 Å². The molecule has 0 aromatic rings.